The number of aliphatic hydroxyl groups excluding tert-OH is 1. The van der Waals surface area contributed by atoms with Gasteiger partial charge in [-0.25, -0.2) is 13.6 Å². The molecule has 1 aromatic carbocycles. The molecule has 2 rings (SSSR count). The molecule has 4 N–H and O–H groups in total. The Hall–Kier alpha value is -1.11. The summed E-state index contributed by atoms with van der Waals surface area (Å²) >= 11 is 0. The van der Waals surface area contributed by atoms with E-state index in [0.29, 0.717) is 5.92 Å². The Kier molecular flexibility index (Phi) is 4.36. The number of sulfonamides is 1. The molecule has 0 aromatic heterocycles. The average molecular weight is 298 g/mol. The first-order chi connectivity index (χ1) is 9.35. The van der Waals surface area contributed by atoms with Crippen molar-refractivity contribution >= 4 is 15.7 Å². The molecular formula is C14H22N2O3S. The third-order valence-electron chi connectivity index (χ3n) is 3.99. The molecule has 0 amide bonds. The van der Waals surface area contributed by atoms with E-state index in [0.717, 1.165) is 24.9 Å². The van der Waals surface area contributed by atoms with Gasteiger partial charge in [0.1, 0.15) is 0 Å². The Balaban J connectivity index is 2.16. The van der Waals surface area contributed by atoms with Gasteiger partial charge in [-0.2, -0.15) is 0 Å². The zero-order chi connectivity index (χ0) is 14.8. The fourth-order valence-corrected chi connectivity index (χ4v) is 3.51. The number of benzene rings is 1. The number of nitrogens with two attached hydrogens (primary N) is 1. The maximum Gasteiger partial charge on any atom is 0.238 e. The molecule has 0 radical (unpaired) electrons. The van der Waals surface area contributed by atoms with Crippen LogP contribution in [0.25, 0.3) is 0 Å². The third-order valence-corrected chi connectivity index (χ3v) is 4.92. The summed E-state index contributed by atoms with van der Waals surface area (Å²) in [6.07, 6.45) is 4.11. The molecular weight excluding hydrogens is 276 g/mol. The van der Waals surface area contributed by atoms with E-state index in [1.54, 1.807) is 12.1 Å². The number of aliphatic hydroxyl groups is 1. The van der Waals surface area contributed by atoms with E-state index in [2.05, 4.69) is 12.2 Å². The number of primary sulfonamides is 1. The summed E-state index contributed by atoms with van der Waals surface area (Å²) < 4.78 is 22.4. The molecule has 2 unspecified atom stereocenters. The van der Waals surface area contributed by atoms with Crippen LogP contribution in [-0.4, -0.2) is 25.7 Å². The van der Waals surface area contributed by atoms with E-state index in [4.69, 9.17) is 5.14 Å². The van der Waals surface area contributed by atoms with Crippen LogP contribution in [0.3, 0.4) is 0 Å². The highest BCUT2D eigenvalue weighted by Gasteiger charge is 2.34. The molecule has 1 saturated carbocycles. The van der Waals surface area contributed by atoms with Gasteiger partial charge < -0.3 is 10.4 Å². The van der Waals surface area contributed by atoms with Gasteiger partial charge >= 0.3 is 0 Å². The van der Waals surface area contributed by atoms with Gasteiger partial charge in [0, 0.05) is 5.69 Å². The molecule has 2 atom stereocenters. The summed E-state index contributed by atoms with van der Waals surface area (Å²) in [5, 5.41) is 18.2. The van der Waals surface area contributed by atoms with E-state index in [-0.39, 0.29) is 17.0 Å². The highest BCUT2D eigenvalue weighted by molar-refractivity contribution is 7.89. The molecule has 112 valence electrons. The van der Waals surface area contributed by atoms with Crippen molar-refractivity contribution < 1.29 is 13.5 Å². The number of nitrogens with one attached hydrogen (secondary N) is 1. The van der Waals surface area contributed by atoms with E-state index in [9.17, 15) is 13.5 Å². The fraction of sp³-hybridized carbons (Fsp3) is 0.571. The highest BCUT2D eigenvalue weighted by atomic mass is 32.2. The third kappa shape index (κ3) is 3.50. The maximum atomic E-state index is 11.2. The SMILES string of the molecule is CC1CCCC(CO)(Nc2ccc(S(N)(=O)=O)cc2)C1. The molecule has 5 nitrogen and oxygen atoms in total. The largest absolute Gasteiger partial charge is 0.394 e. The predicted octanol–water partition coefficient (Wildman–Crippen LogP) is 1.69. The van der Waals surface area contributed by atoms with Crippen molar-refractivity contribution in [2.75, 3.05) is 11.9 Å². The molecule has 1 aliphatic carbocycles. The minimum absolute atomic E-state index is 0.0777. The molecule has 0 spiro atoms. The lowest BCUT2D eigenvalue weighted by atomic mass is 9.76. The summed E-state index contributed by atoms with van der Waals surface area (Å²) in [5.41, 5.74) is 0.501. The van der Waals surface area contributed by atoms with E-state index in [1.165, 1.54) is 18.6 Å². The normalized spacial score (nSPS) is 27.2. The van der Waals surface area contributed by atoms with Crippen molar-refractivity contribution in [3.05, 3.63) is 24.3 Å². The monoisotopic (exact) mass is 298 g/mol. The molecule has 1 aliphatic rings. The van der Waals surface area contributed by atoms with Gasteiger partial charge in [0.05, 0.1) is 17.0 Å². The minimum atomic E-state index is -3.66. The van der Waals surface area contributed by atoms with Crippen LogP contribution >= 0.6 is 0 Å². The zero-order valence-corrected chi connectivity index (χ0v) is 12.5. The zero-order valence-electron chi connectivity index (χ0n) is 11.7. The van der Waals surface area contributed by atoms with Gasteiger partial charge in [-0.1, -0.05) is 19.8 Å². The molecule has 6 heteroatoms. The van der Waals surface area contributed by atoms with Gasteiger partial charge in [-0.15, -0.1) is 0 Å². The Morgan fingerprint density at radius 2 is 2.05 bits per heavy atom. The second-order valence-corrected chi connectivity index (χ2v) is 7.40. The molecule has 0 saturated heterocycles. The van der Waals surface area contributed by atoms with Crippen LogP contribution in [0.4, 0.5) is 5.69 Å². The first kappa shape index (κ1) is 15.3. The summed E-state index contributed by atoms with van der Waals surface area (Å²) in [6, 6.07) is 6.34. The van der Waals surface area contributed by atoms with Gasteiger partial charge in [-0.3, -0.25) is 0 Å². The molecule has 0 heterocycles. The van der Waals surface area contributed by atoms with Crippen LogP contribution in [0.5, 0.6) is 0 Å². The lowest BCUT2D eigenvalue weighted by Gasteiger charge is -2.40. The minimum Gasteiger partial charge on any atom is -0.394 e. The van der Waals surface area contributed by atoms with E-state index < -0.39 is 10.0 Å². The lowest BCUT2D eigenvalue weighted by Crippen LogP contribution is -2.45. The van der Waals surface area contributed by atoms with Crippen molar-refractivity contribution in [3.8, 4) is 0 Å². The number of anilines is 1. The number of hydrogen-bond donors (Lipinski definition) is 3. The Bertz CT molecular complexity index is 556. The predicted molar refractivity (Wildman–Crippen MR) is 78.9 cm³/mol. The van der Waals surface area contributed by atoms with Crippen molar-refractivity contribution in [3.63, 3.8) is 0 Å². The van der Waals surface area contributed by atoms with Crippen LogP contribution in [0, 0.1) is 5.92 Å². The smallest absolute Gasteiger partial charge is 0.238 e. The molecule has 1 fully saturated rings. The number of hydrogen-bond acceptors (Lipinski definition) is 4. The van der Waals surface area contributed by atoms with Crippen molar-refractivity contribution in [2.24, 2.45) is 11.1 Å². The Morgan fingerprint density at radius 3 is 2.55 bits per heavy atom. The second kappa shape index (κ2) is 5.71. The van der Waals surface area contributed by atoms with Crippen molar-refractivity contribution in [1.82, 2.24) is 0 Å². The first-order valence-electron chi connectivity index (χ1n) is 6.87. The summed E-state index contributed by atoms with van der Waals surface area (Å²) in [7, 11) is -3.66. The van der Waals surface area contributed by atoms with E-state index in [1.807, 2.05) is 0 Å². The maximum absolute atomic E-state index is 11.2. The standard InChI is InChI=1S/C14H22N2O3S/c1-11-3-2-8-14(9-11,10-17)16-12-4-6-13(7-5-12)20(15,18)19/h4-7,11,16-17H,2-3,8-10H2,1H3,(H2,15,18,19). The first-order valence-corrected chi connectivity index (χ1v) is 8.41. The van der Waals surface area contributed by atoms with Gasteiger partial charge in [0.2, 0.25) is 10.0 Å². The average Bonchev–Trinajstić information content (AvgIpc) is 2.38. The second-order valence-electron chi connectivity index (χ2n) is 5.83. The van der Waals surface area contributed by atoms with Crippen LogP contribution in [0.2, 0.25) is 0 Å². The molecule has 20 heavy (non-hydrogen) atoms. The quantitative estimate of drug-likeness (QED) is 0.788. The van der Waals surface area contributed by atoms with Gasteiger partial charge in [0.15, 0.2) is 0 Å². The summed E-state index contributed by atoms with van der Waals surface area (Å²) in [6.45, 7) is 2.27. The van der Waals surface area contributed by atoms with Crippen molar-refractivity contribution in [2.45, 2.75) is 43.0 Å². The highest BCUT2D eigenvalue weighted by Crippen LogP contribution is 2.34. The molecule has 0 aliphatic heterocycles. The van der Waals surface area contributed by atoms with Gasteiger partial charge in [-0.05, 0) is 43.0 Å². The van der Waals surface area contributed by atoms with E-state index >= 15 is 0 Å². The summed E-state index contributed by atoms with van der Waals surface area (Å²) in [4.78, 5) is 0.0955. The summed E-state index contributed by atoms with van der Waals surface area (Å²) in [5.74, 6) is 0.576. The van der Waals surface area contributed by atoms with Crippen LogP contribution in [-0.2, 0) is 10.0 Å². The molecule has 1 aromatic rings. The molecule has 0 bridgehead atoms. The topological polar surface area (TPSA) is 92.4 Å². The Morgan fingerprint density at radius 1 is 1.40 bits per heavy atom. The van der Waals surface area contributed by atoms with Crippen LogP contribution in [0.1, 0.15) is 32.6 Å². The lowest BCUT2D eigenvalue weighted by molar-refractivity contribution is 0.149. The van der Waals surface area contributed by atoms with Gasteiger partial charge in [0.25, 0.3) is 0 Å². The van der Waals surface area contributed by atoms with Crippen molar-refractivity contribution in [1.29, 1.82) is 0 Å². The Labute approximate surface area is 120 Å². The fourth-order valence-electron chi connectivity index (χ4n) is 2.99. The van der Waals surface area contributed by atoms with Crippen LogP contribution in [0.15, 0.2) is 29.2 Å². The number of rotatable bonds is 4. The van der Waals surface area contributed by atoms with Crippen LogP contribution < -0.4 is 10.5 Å².